The average Bonchev–Trinajstić information content (AvgIpc) is 3.38. The Kier molecular flexibility index (Phi) is 6.28. The van der Waals surface area contributed by atoms with Crippen LogP contribution in [0, 0.1) is 5.92 Å². The lowest BCUT2D eigenvalue weighted by atomic mass is 10.2. The predicted octanol–water partition coefficient (Wildman–Crippen LogP) is 2.44. The van der Waals surface area contributed by atoms with Gasteiger partial charge >= 0.3 is 0 Å². The maximum atomic E-state index is 12.2. The smallest absolute Gasteiger partial charge is 0.234 e. The van der Waals surface area contributed by atoms with E-state index in [4.69, 9.17) is 9.47 Å². The fourth-order valence-corrected chi connectivity index (χ4v) is 2.73. The summed E-state index contributed by atoms with van der Waals surface area (Å²) in [6.45, 7) is 6.11. The van der Waals surface area contributed by atoms with Crippen molar-refractivity contribution in [2.75, 3.05) is 27.3 Å². The number of benzene rings is 1. The Balaban J connectivity index is 1.91. The van der Waals surface area contributed by atoms with E-state index in [1.165, 1.54) is 12.8 Å². The molecule has 1 aliphatic carbocycles. The van der Waals surface area contributed by atoms with Gasteiger partial charge in [-0.15, -0.1) is 0 Å². The number of methoxy groups -OCH3 is 2. The molecule has 1 aliphatic rings. The van der Waals surface area contributed by atoms with E-state index in [0.29, 0.717) is 30.8 Å². The summed E-state index contributed by atoms with van der Waals surface area (Å²) in [5.41, 5.74) is 1.10. The van der Waals surface area contributed by atoms with Crippen LogP contribution in [-0.4, -0.2) is 44.2 Å². The van der Waals surface area contributed by atoms with Crippen molar-refractivity contribution in [2.45, 2.75) is 39.3 Å². The molecule has 0 bridgehead atoms. The van der Waals surface area contributed by atoms with Crippen LogP contribution < -0.4 is 14.8 Å². The number of likely N-dealkylation sites (N-methyl/N-ethyl adjacent to an activating group) is 1. The fraction of sp³-hybridized carbons (Fsp3) is 0.611. The van der Waals surface area contributed by atoms with Gasteiger partial charge in [-0.1, -0.05) is 13.0 Å². The third kappa shape index (κ3) is 5.13. The second kappa shape index (κ2) is 8.20. The van der Waals surface area contributed by atoms with E-state index in [1.54, 1.807) is 14.2 Å². The van der Waals surface area contributed by atoms with Crippen molar-refractivity contribution in [3.05, 3.63) is 23.8 Å². The summed E-state index contributed by atoms with van der Waals surface area (Å²) in [4.78, 5) is 14.3. The van der Waals surface area contributed by atoms with Gasteiger partial charge in [0, 0.05) is 12.6 Å². The van der Waals surface area contributed by atoms with Crippen LogP contribution in [-0.2, 0) is 11.3 Å². The molecule has 1 atom stereocenters. The van der Waals surface area contributed by atoms with Crippen LogP contribution in [0.2, 0.25) is 0 Å². The SMILES string of the molecule is CCN(CC(=O)NC(C)C1CC1)Cc1ccc(OC)c(OC)c1. The Morgan fingerprint density at radius 2 is 2.00 bits per heavy atom. The van der Waals surface area contributed by atoms with Crippen LogP contribution in [0.15, 0.2) is 18.2 Å². The van der Waals surface area contributed by atoms with E-state index < -0.39 is 0 Å². The number of carbonyl (C=O) groups is 1. The van der Waals surface area contributed by atoms with E-state index >= 15 is 0 Å². The van der Waals surface area contributed by atoms with Gasteiger partial charge in [-0.2, -0.15) is 0 Å². The number of nitrogens with zero attached hydrogens (tertiary/aromatic N) is 1. The highest BCUT2D eigenvalue weighted by molar-refractivity contribution is 5.78. The van der Waals surface area contributed by atoms with E-state index in [-0.39, 0.29) is 5.91 Å². The molecular weight excluding hydrogens is 292 g/mol. The van der Waals surface area contributed by atoms with Crippen molar-refractivity contribution in [2.24, 2.45) is 5.92 Å². The predicted molar refractivity (Wildman–Crippen MR) is 90.8 cm³/mol. The maximum Gasteiger partial charge on any atom is 0.234 e. The fourth-order valence-electron chi connectivity index (χ4n) is 2.73. The highest BCUT2D eigenvalue weighted by atomic mass is 16.5. The summed E-state index contributed by atoms with van der Waals surface area (Å²) in [7, 11) is 3.26. The summed E-state index contributed by atoms with van der Waals surface area (Å²) in [5.74, 6) is 2.22. The zero-order valence-corrected chi connectivity index (χ0v) is 14.6. The van der Waals surface area contributed by atoms with Crippen LogP contribution in [0.1, 0.15) is 32.3 Å². The monoisotopic (exact) mass is 320 g/mol. The molecule has 5 nitrogen and oxygen atoms in total. The maximum absolute atomic E-state index is 12.2. The van der Waals surface area contributed by atoms with Crippen LogP contribution in [0.3, 0.4) is 0 Å². The van der Waals surface area contributed by atoms with Crippen molar-refractivity contribution in [3.8, 4) is 11.5 Å². The van der Waals surface area contributed by atoms with E-state index in [0.717, 1.165) is 17.9 Å². The molecular formula is C18H28N2O3. The number of nitrogens with one attached hydrogen (secondary N) is 1. The lowest BCUT2D eigenvalue weighted by molar-refractivity contribution is -0.123. The highest BCUT2D eigenvalue weighted by Crippen LogP contribution is 2.32. The Hall–Kier alpha value is -1.75. The van der Waals surface area contributed by atoms with Gasteiger partial charge in [-0.25, -0.2) is 0 Å². The molecule has 1 unspecified atom stereocenters. The minimum absolute atomic E-state index is 0.103. The Morgan fingerprint density at radius 1 is 1.30 bits per heavy atom. The van der Waals surface area contributed by atoms with Crippen LogP contribution >= 0.6 is 0 Å². The molecule has 0 heterocycles. The van der Waals surface area contributed by atoms with Crippen molar-refractivity contribution in [1.82, 2.24) is 10.2 Å². The molecule has 0 spiro atoms. The first-order valence-electron chi connectivity index (χ1n) is 8.30. The Bertz CT molecular complexity index is 529. The molecule has 2 rings (SSSR count). The lowest BCUT2D eigenvalue weighted by Gasteiger charge is -2.22. The first kappa shape index (κ1) is 17.6. The van der Waals surface area contributed by atoms with E-state index in [1.807, 2.05) is 18.2 Å². The molecule has 5 heteroatoms. The molecule has 1 aromatic rings. The largest absolute Gasteiger partial charge is 0.493 e. The number of rotatable bonds is 9. The first-order chi connectivity index (χ1) is 11.1. The Labute approximate surface area is 139 Å². The van der Waals surface area contributed by atoms with Gasteiger partial charge in [0.2, 0.25) is 5.91 Å². The molecule has 23 heavy (non-hydrogen) atoms. The number of amides is 1. The number of hydrogen-bond acceptors (Lipinski definition) is 4. The second-order valence-electron chi connectivity index (χ2n) is 6.19. The van der Waals surface area contributed by atoms with Gasteiger partial charge < -0.3 is 14.8 Å². The van der Waals surface area contributed by atoms with Gasteiger partial charge in [0.15, 0.2) is 11.5 Å². The summed E-state index contributed by atoms with van der Waals surface area (Å²) < 4.78 is 10.6. The third-order valence-corrected chi connectivity index (χ3v) is 4.39. The van der Waals surface area contributed by atoms with Crippen LogP contribution in [0.4, 0.5) is 0 Å². The zero-order valence-electron chi connectivity index (χ0n) is 14.6. The highest BCUT2D eigenvalue weighted by Gasteiger charge is 2.29. The molecule has 1 aromatic carbocycles. The van der Waals surface area contributed by atoms with E-state index in [2.05, 4.69) is 24.1 Å². The third-order valence-electron chi connectivity index (χ3n) is 4.39. The number of ether oxygens (including phenoxy) is 2. The molecule has 0 radical (unpaired) electrons. The van der Waals surface area contributed by atoms with Crippen LogP contribution in [0.5, 0.6) is 11.5 Å². The standard InChI is InChI=1S/C18H28N2O3/c1-5-20(12-18(21)19-13(2)15-7-8-15)11-14-6-9-16(22-3)17(10-14)23-4/h6,9-10,13,15H,5,7-8,11-12H2,1-4H3,(H,19,21). The average molecular weight is 320 g/mol. The summed E-state index contributed by atoms with van der Waals surface area (Å²) in [6, 6.07) is 6.17. The second-order valence-corrected chi connectivity index (χ2v) is 6.19. The minimum atomic E-state index is 0.103. The van der Waals surface area contributed by atoms with Gasteiger partial charge in [0.1, 0.15) is 0 Å². The Morgan fingerprint density at radius 3 is 2.57 bits per heavy atom. The number of carbonyl (C=O) groups excluding carboxylic acids is 1. The summed E-state index contributed by atoms with van der Waals surface area (Å²) in [5, 5.41) is 3.11. The van der Waals surface area contributed by atoms with Crippen molar-refractivity contribution in [1.29, 1.82) is 0 Å². The first-order valence-corrected chi connectivity index (χ1v) is 8.30. The summed E-state index contributed by atoms with van der Waals surface area (Å²) >= 11 is 0. The molecule has 0 aromatic heterocycles. The van der Waals surface area contributed by atoms with Gasteiger partial charge in [-0.3, -0.25) is 9.69 Å². The molecule has 128 valence electrons. The van der Waals surface area contributed by atoms with E-state index in [9.17, 15) is 4.79 Å². The minimum Gasteiger partial charge on any atom is -0.493 e. The molecule has 1 amide bonds. The molecule has 1 fully saturated rings. The van der Waals surface area contributed by atoms with Crippen LogP contribution in [0.25, 0.3) is 0 Å². The molecule has 0 aliphatic heterocycles. The molecule has 0 saturated heterocycles. The zero-order chi connectivity index (χ0) is 16.8. The van der Waals surface area contributed by atoms with Gasteiger partial charge in [0.25, 0.3) is 0 Å². The van der Waals surface area contributed by atoms with Crippen molar-refractivity contribution < 1.29 is 14.3 Å². The topological polar surface area (TPSA) is 50.8 Å². The quantitative estimate of drug-likeness (QED) is 0.759. The van der Waals surface area contributed by atoms with Crippen molar-refractivity contribution >= 4 is 5.91 Å². The summed E-state index contributed by atoms with van der Waals surface area (Å²) in [6.07, 6.45) is 2.48. The van der Waals surface area contributed by atoms with Gasteiger partial charge in [0.05, 0.1) is 20.8 Å². The number of hydrogen-bond donors (Lipinski definition) is 1. The molecule has 1 saturated carbocycles. The lowest BCUT2D eigenvalue weighted by Crippen LogP contribution is -2.41. The normalized spacial score (nSPS) is 15.3. The van der Waals surface area contributed by atoms with Gasteiger partial charge in [-0.05, 0) is 49.9 Å². The van der Waals surface area contributed by atoms with Crippen molar-refractivity contribution in [3.63, 3.8) is 0 Å². The molecule has 1 N–H and O–H groups in total.